The number of benzene rings is 15. The Hall–Kier alpha value is -12.4. The number of pyridine rings is 2. The third kappa shape index (κ3) is 28.3. The standard InChI is InChI=1S/C35H34N2.C35H33N2.7C7H7.2Zr/c2*1-34(2,3)25-14-15-27-24(20-25)19-23-11-13-26(35(4,5)6)21-28(23)33(27)32-18-17-31(37-32)30-16-12-22-9-7-8-10-29(22)36-30;7*1-7-5-3-2-4-6-7;;/h7-21,37H,1-6H3;7-21H,1-6H3;7*2-6H,1H2;;/q;8*-1;+3;+4. The molecule has 0 saturated carbocycles. The van der Waals surface area contributed by atoms with Crippen LogP contribution in [0.3, 0.4) is 0 Å². The molecule has 19 rings (SSSR count). The van der Waals surface area contributed by atoms with Crippen molar-refractivity contribution in [3.05, 3.63) is 504 Å². The number of aromatic nitrogens is 4. The molecule has 0 unspecified atom stereocenters. The zero-order valence-electron chi connectivity index (χ0n) is 74.8. The van der Waals surface area contributed by atoms with Gasteiger partial charge in [0.2, 0.25) is 0 Å². The number of nitrogens with one attached hydrogen (secondary N) is 1. The van der Waals surface area contributed by atoms with Gasteiger partial charge in [0, 0.05) is 27.7 Å². The minimum atomic E-state index is 0. The van der Waals surface area contributed by atoms with E-state index in [9.17, 15) is 0 Å². The molecule has 0 aliphatic rings. The fourth-order valence-corrected chi connectivity index (χ4v) is 13.8. The quantitative estimate of drug-likeness (QED) is 0.141. The molecule has 621 valence electrons. The van der Waals surface area contributed by atoms with Gasteiger partial charge in [0.15, 0.2) is 0 Å². The summed E-state index contributed by atoms with van der Waals surface area (Å²) in [7, 11) is 0. The van der Waals surface area contributed by atoms with Crippen molar-refractivity contribution >= 4 is 64.9 Å². The molecule has 4 heterocycles. The first-order valence-corrected chi connectivity index (χ1v) is 42.1. The number of rotatable bonds is 4. The average Bonchev–Trinajstić information content (AvgIpc) is 1.73. The maximum Gasteiger partial charge on any atom is 4.00 e. The van der Waals surface area contributed by atoms with Crippen molar-refractivity contribution in [1.29, 1.82) is 0 Å². The largest absolute Gasteiger partial charge is 4.00 e. The Kier molecular flexibility index (Phi) is 34.9. The predicted molar refractivity (Wildman–Crippen MR) is 534 cm³/mol. The Morgan fingerprint density at radius 2 is 0.496 bits per heavy atom. The van der Waals surface area contributed by atoms with Crippen LogP contribution in [0.1, 0.15) is 144 Å². The van der Waals surface area contributed by atoms with Crippen LogP contribution in [0.15, 0.2) is 394 Å². The van der Waals surface area contributed by atoms with Crippen molar-refractivity contribution in [3.8, 4) is 45.3 Å². The monoisotopic (exact) mass is 1780 g/mol. The SMILES string of the molecule is CC(C)(C)c1ccc2c(-c3ccc(-c4ccc5ccccc5n4)[n-]3)c3cc(C(C)(C)C)ccc3cc2c1.CC(C)(C)c1ccc2c(-c3ccc(-c4ccc5ccccc5n4)[nH]3)c3cc(C(C)(C)C)ccc3cc2c1.[CH2-]c1ccccc1.[CH2-]c1ccccc1.[CH2-]c1ccccc1.[CH2-]c1ccccc1.[CH2-]c1ccccc1.[CH2-]c1ccccc1.[CH2-]c1ccccc1.[Zr+3].[Zr+4]. The summed E-state index contributed by atoms with van der Waals surface area (Å²) in [4.78, 5) is 18.7. The molecule has 19 aromatic rings. The minimum absolute atomic E-state index is 0. The van der Waals surface area contributed by atoms with E-state index in [4.69, 9.17) is 15.0 Å². The molecule has 6 heteroatoms. The van der Waals surface area contributed by atoms with Crippen molar-refractivity contribution in [2.45, 2.75) is 105 Å². The fraction of sp³-hybridized carbons (Fsp3) is 0.134. The van der Waals surface area contributed by atoms with Crippen LogP contribution in [0.5, 0.6) is 0 Å². The van der Waals surface area contributed by atoms with Gasteiger partial charge in [0.05, 0.1) is 22.4 Å². The normalized spacial score (nSPS) is 10.8. The van der Waals surface area contributed by atoms with E-state index in [1.807, 2.05) is 231 Å². The van der Waals surface area contributed by atoms with Crippen molar-refractivity contribution in [3.63, 3.8) is 0 Å². The van der Waals surface area contributed by atoms with E-state index in [2.05, 4.69) is 300 Å². The molecule has 1 radical (unpaired) electrons. The molecule has 4 aromatic heterocycles. The van der Waals surface area contributed by atoms with Gasteiger partial charge in [-0.1, -0.05) is 253 Å². The van der Waals surface area contributed by atoms with Gasteiger partial charge in [0.25, 0.3) is 0 Å². The van der Waals surface area contributed by atoms with Crippen LogP contribution in [0.4, 0.5) is 0 Å². The van der Waals surface area contributed by atoms with Gasteiger partial charge in [-0.2, -0.15) is 172 Å². The maximum absolute atomic E-state index is 5.16. The van der Waals surface area contributed by atoms with Gasteiger partial charge in [-0.05, 0) is 147 Å². The summed E-state index contributed by atoms with van der Waals surface area (Å²) in [6.07, 6.45) is 0. The smallest absolute Gasteiger partial charge is 0.656 e. The van der Waals surface area contributed by atoms with E-state index < -0.39 is 0 Å². The van der Waals surface area contributed by atoms with Crippen molar-refractivity contribution in [2.24, 2.45) is 0 Å². The van der Waals surface area contributed by atoms with Crippen LogP contribution < -0.4 is 4.98 Å². The topological polar surface area (TPSA) is 55.7 Å². The molecule has 15 aromatic carbocycles. The second-order valence-corrected chi connectivity index (χ2v) is 34.9. The summed E-state index contributed by atoms with van der Waals surface area (Å²) in [6.45, 7) is 53.3. The number of hydrogen-bond acceptors (Lipinski definition) is 2. The molecular formula is C119H116N4Zr2-. The Bertz CT molecular complexity index is 5870. The zero-order valence-corrected chi connectivity index (χ0v) is 79.7. The predicted octanol–water partition coefficient (Wildman–Crippen LogP) is 32.3. The number of nitrogens with zero attached hydrogens (tertiary/aromatic N) is 3. The van der Waals surface area contributed by atoms with Crippen LogP contribution in [0.2, 0.25) is 0 Å². The van der Waals surface area contributed by atoms with Gasteiger partial charge >= 0.3 is 52.4 Å². The van der Waals surface area contributed by atoms with Crippen molar-refractivity contribution in [2.75, 3.05) is 0 Å². The molecule has 0 bridgehead atoms. The molecule has 0 spiro atoms. The molecule has 0 aliphatic heterocycles. The average molecular weight is 1780 g/mol. The Morgan fingerprint density at radius 3 is 0.832 bits per heavy atom. The Morgan fingerprint density at radius 1 is 0.224 bits per heavy atom. The van der Waals surface area contributed by atoms with E-state index >= 15 is 0 Å². The van der Waals surface area contributed by atoms with Gasteiger partial charge < -0.3 is 9.97 Å². The van der Waals surface area contributed by atoms with Crippen LogP contribution in [0, 0.1) is 48.5 Å². The van der Waals surface area contributed by atoms with Crippen LogP contribution in [-0.2, 0) is 74.1 Å². The van der Waals surface area contributed by atoms with Crippen LogP contribution in [0.25, 0.3) is 110 Å². The number of aromatic amines is 1. The van der Waals surface area contributed by atoms with Crippen LogP contribution in [-0.4, -0.2) is 15.0 Å². The third-order valence-corrected chi connectivity index (χ3v) is 20.9. The van der Waals surface area contributed by atoms with Gasteiger partial charge in [-0.3, -0.25) is 0 Å². The first-order valence-electron chi connectivity index (χ1n) is 42.1. The summed E-state index contributed by atoms with van der Waals surface area (Å²) in [6, 6.07) is 135. The van der Waals surface area contributed by atoms with Crippen molar-refractivity contribution < 1.29 is 52.4 Å². The Balaban J connectivity index is 0.000000182. The van der Waals surface area contributed by atoms with Gasteiger partial charge in [0.1, 0.15) is 0 Å². The first kappa shape index (κ1) is 96.4. The van der Waals surface area contributed by atoms with Gasteiger partial charge in [-0.25, -0.2) is 9.97 Å². The molecule has 0 amide bonds. The number of hydrogen-bond donors (Lipinski definition) is 1. The summed E-state index contributed by atoms with van der Waals surface area (Å²) in [5.74, 6) is 0. The summed E-state index contributed by atoms with van der Waals surface area (Å²) in [5, 5.41) is 12.4. The third-order valence-electron chi connectivity index (χ3n) is 20.9. The molecule has 4 nitrogen and oxygen atoms in total. The minimum Gasteiger partial charge on any atom is -0.656 e. The number of para-hydroxylation sites is 2. The molecule has 0 aliphatic carbocycles. The summed E-state index contributed by atoms with van der Waals surface area (Å²) < 4.78 is 0. The molecule has 0 saturated heterocycles. The zero-order chi connectivity index (χ0) is 87.7. The van der Waals surface area contributed by atoms with E-state index in [0.717, 1.165) is 94.9 Å². The summed E-state index contributed by atoms with van der Waals surface area (Å²) >= 11 is 0. The van der Waals surface area contributed by atoms with E-state index in [-0.39, 0.29) is 74.1 Å². The van der Waals surface area contributed by atoms with E-state index in [0.29, 0.717) is 0 Å². The van der Waals surface area contributed by atoms with Crippen molar-refractivity contribution in [1.82, 2.24) is 19.9 Å². The molecule has 0 fully saturated rings. The number of H-pyrrole nitrogens is 1. The second-order valence-electron chi connectivity index (χ2n) is 34.9. The molecular weight excluding hydrogens is 1670 g/mol. The number of fused-ring (bicyclic) bond motifs is 6. The summed E-state index contributed by atoms with van der Waals surface area (Å²) in [5.41, 5.74) is 23.6. The van der Waals surface area contributed by atoms with Crippen LogP contribution >= 0.6 is 0 Å². The molecule has 1 N–H and O–H groups in total. The van der Waals surface area contributed by atoms with Gasteiger partial charge in [-0.15, -0.1) is 96.3 Å². The first-order chi connectivity index (χ1) is 58.9. The molecule has 125 heavy (non-hydrogen) atoms. The molecule has 0 atom stereocenters. The second kappa shape index (κ2) is 45.3. The maximum atomic E-state index is 5.16. The van der Waals surface area contributed by atoms with E-state index in [1.54, 1.807) is 0 Å². The fourth-order valence-electron chi connectivity index (χ4n) is 13.8. The Labute approximate surface area is 784 Å². The van der Waals surface area contributed by atoms with E-state index in [1.165, 1.54) is 76.5 Å².